The number of rotatable bonds is 7. The number of nitrogens with zero attached hydrogens (tertiary/aromatic N) is 2. The third-order valence-electron chi connectivity index (χ3n) is 7.59. The van der Waals surface area contributed by atoms with Crippen LogP contribution < -0.4 is 15.4 Å². The number of hydrogen-bond acceptors (Lipinski definition) is 6. The number of carbonyl (C=O) groups excluding carboxylic acids is 3. The largest absolute Gasteiger partial charge is 0.490 e. The van der Waals surface area contributed by atoms with E-state index in [1.807, 2.05) is 0 Å². The summed E-state index contributed by atoms with van der Waals surface area (Å²) in [7, 11) is 1.79. The van der Waals surface area contributed by atoms with Crippen molar-refractivity contribution in [1.29, 1.82) is 0 Å². The summed E-state index contributed by atoms with van der Waals surface area (Å²) in [4.78, 5) is 42.0. The highest BCUT2D eigenvalue weighted by Crippen LogP contribution is 2.34. The SMILES string of the molecule is CN1C(=O)c2cc(NC(=O)C3CC3)ccc2OC[C@@H]2O[C@@H](CC(=O)NCCN3CCCC3)CC[C@H]21. The molecular weight excluding hydrogens is 448 g/mol. The number of anilines is 1. The third-order valence-corrected chi connectivity index (χ3v) is 7.59. The molecule has 9 nitrogen and oxygen atoms in total. The van der Waals surface area contributed by atoms with Crippen molar-refractivity contribution in [3.05, 3.63) is 23.8 Å². The number of ether oxygens (including phenoxy) is 2. The molecule has 0 unspecified atom stereocenters. The van der Waals surface area contributed by atoms with Gasteiger partial charge in [-0.05, 0) is 69.8 Å². The Morgan fingerprint density at radius 1 is 1.11 bits per heavy atom. The molecule has 2 N–H and O–H groups in total. The summed E-state index contributed by atoms with van der Waals surface area (Å²) in [6.45, 7) is 4.11. The Hall–Kier alpha value is -2.65. The van der Waals surface area contributed by atoms with Crippen molar-refractivity contribution >= 4 is 23.4 Å². The molecule has 4 aliphatic rings. The number of likely N-dealkylation sites (N-methyl/N-ethyl adjacent to an activating group) is 1. The van der Waals surface area contributed by atoms with Gasteiger partial charge in [-0.2, -0.15) is 0 Å². The Morgan fingerprint density at radius 3 is 2.69 bits per heavy atom. The summed E-state index contributed by atoms with van der Waals surface area (Å²) < 4.78 is 12.3. The van der Waals surface area contributed by atoms with Crippen molar-refractivity contribution in [2.75, 3.05) is 45.2 Å². The highest BCUT2D eigenvalue weighted by molar-refractivity contribution is 6.00. The van der Waals surface area contributed by atoms with Gasteiger partial charge in [0.05, 0.1) is 24.1 Å². The van der Waals surface area contributed by atoms with Crippen LogP contribution in [0, 0.1) is 5.92 Å². The van der Waals surface area contributed by atoms with E-state index in [0.717, 1.165) is 38.9 Å². The van der Waals surface area contributed by atoms with Crippen LogP contribution in [0.5, 0.6) is 5.75 Å². The normalized spacial score (nSPS) is 26.7. The molecule has 0 spiro atoms. The number of nitrogens with one attached hydrogen (secondary N) is 2. The van der Waals surface area contributed by atoms with Gasteiger partial charge in [0.25, 0.3) is 5.91 Å². The molecule has 190 valence electrons. The van der Waals surface area contributed by atoms with Crippen molar-refractivity contribution in [1.82, 2.24) is 15.1 Å². The van der Waals surface area contributed by atoms with E-state index in [0.29, 0.717) is 43.0 Å². The quantitative estimate of drug-likeness (QED) is 0.614. The maximum atomic E-state index is 13.3. The molecule has 9 heteroatoms. The molecule has 5 rings (SSSR count). The van der Waals surface area contributed by atoms with E-state index in [-0.39, 0.29) is 41.9 Å². The molecule has 3 atom stereocenters. The fourth-order valence-electron chi connectivity index (χ4n) is 5.33. The van der Waals surface area contributed by atoms with Crippen LogP contribution in [0.25, 0.3) is 0 Å². The first-order valence-corrected chi connectivity index (χ1v) is 13.0. The lowest BCUT2D eigenvalue weighted by Crippen LogP contribution is -2.54. The van der Waals surface area contributed by atoms with Crippen LogP contribution in [-0.4, -0.2) is 85.6 Å². The van der Waals surface area contributed by atoms with Crippen molar-refractivity contribution < 1.29 is 23.9 Å². The van der Waals surface area contributed by atoms with E-state index in [1.54, 1.807) is 30.1 Å². The fraction of sp³-hybridized carbons (Fsp3) is 0.654. The van der Waals surface area contributed by atoms with E-state index in [4.69, 9.17) is 9.47 Å². The van der Waals surface area contributed by atoms with E-state index >= 15 is 0 Å². The van der Waals surface area contributed by atoms with E-state index < -0.39 is 0 Å². The minimum atomic E-state index is -0.303. The Morgan fingerprint density at radius 2 is 1.91 bits per heavy atom. The van der Waals surface area contributed by atoms with Gasteiger partial charge in [0.2, 0.25) is 11.8 Å². The molecule has 0 radical (unpaired) electrons. The van der Waals surface area contributed by atoms with Crippen LogP contribution in [-0.2, 0) is 14.3 Å². The second-order valence-corrected chi connectivity index (χ2v) is 10.2. The third kappa shape index (κ3) is 5.78. The van der Waals surface area contributed by atoms with Gasteiger partial charge in [-0.3, -0.25) is 14.4 Å². The summed E-state index contributed by atoms with van der Waals surface area (Å²) in [5.74, 6) is 0.431. The van der Waals surface area contributed by atoms with Gasteiger partial charge in [0, 0.05) is 31.7 Å². The molecule has 0 bridgehead atoms. The van der Waals surface area contributed by atoms with Crippen molar-refractivity contribution in [2.24, 2.45) is 5.92 Å². The standard InChI is InChI=1S/C26H36N4O5/c1-29-21-8-7-19(15-24(31)27-10-13-30-11-2-3-12-30)35-23(21)16-34-22-9-6-18(14-20(22)26(29)33)28-25(32)17-4-5-17/h6,9,14,17,19,21,23H,2-5,7-8,10-13,15-16H2,1H3,(H,27,31)(H,28,32)/t19-,21-,23+/m1/s1. The van der Waals surface area contributed by atoms with Gasteiger partial charge in [0.1, 0.15) is 18.5 Å². The zero-order valence-electron chi connectivity index (χ0n) is 20.5. The number of carbonyl (C=O) groups is 3. The Balaban J connectivity index is 1.17. The Kier molecular flexibility index (Phi) is 7.24. The molecule has 3 amide bonds. The molecule has 1 aliphatic carbocycles. The molecule has 3 heterocycles. The number of benzene rings is 1. The van der Waals surface area contributed by atoms with Crippen LogP contribution in [0.1, 0.15) is 55.3 Å². The van der Waals surface area contributed by atoms with E-state index in [1.165, 1.54) is 12.8 Å². The smallest absolute Gasteiger partial charge is 0.257 e. The monoisotopic (exact) mass is 484 g/mol. The van der Waals surface area contributed by atoms with Gasteiger partial charge in [-0.15, -0.1) is 0 Å². The molecule has 1 aromatic rings. The van der Waals surface area contributed by atoms with Crippen molar-refractivity contribution in [2.45, 2.75) is 63.2 Å². The Labute approximate surface area is 206 Å². The van der Waals surface area contributed by atoms with E-state index in [9.17, 15) is 14.4 Å². The second kappa shape index (κ2) is 10.5. The van der Waals surface area contributed by atoms with Crippen LogP contribution in [0.4, 0.5) is 5.69 Å². The van der Waals surface area contributed by atoms with Crippen LogP contribution in [0.3, 0.4) is 0 Å². The lowest BCUT2D eigenvalue weighted by atomic mass is 9.94. The number of hydrogen-bond donors (Lipinski definition) is 2. The second-order valence-electron chi connectivity index (χ2n) is 10.2. The summed E-state index contributed by atoms with van der Waals surface area (Å²) in [5, 5.41) is 5.93. The minimum Gasteiger partial charge on any atom is -0.490 e. The summed E-state index contributed by atoms with van der Waals surface area (Å²) in [6.07, 6.45) is 5.62. The highest BCUT2D eigenvalue weighted by Gasteiger charge is 2.39. The molecule has 35 heavy (non-hydrogen) atoms. The topological polar surface area (TPSA) is 100 Å². The molecular formula is C26H36N4O5. The average Bonchev–Trinajstić information content (AvgIpc) is 3.58. The summed E-state index contributed by atoms with van der Waals surface area (Å²) in [6, 6.07) is 5.07. The Bertz CT molecular complexity index is 959. The lowest BCUT2D eigenvalue weighted by molar-refractivity contribution is -0.134. The van der Waals surface area contributed by atoms with Gasteiger partial charge in [0.15, 0.2) is 0 Å². The lowest BCUT2D eigenvalue weighted by Gasteiger charge is -2.42. The van der Waals surface area contributed by atoms with E-state index in [2.05, 4.69) is 15.5 Å². The predicted molar refractivity (Wildman–Crippen MR) is 130 cm³/mol. The van der Waals surface area contributed by atoms with Crippen LogP contribution in [0.15, 0.2) is 18.2 Å². The molecule has 3 fully saturated rings. The van der Waals surface area contributed by atoms with Gasteiger partial charge < -0.3 is 29.9 Å². The zero-order chi connectivity index (χ0) is 24.4. The molecule has 0 aromatic heterocycles. The summed E-state index contributed by atoms with van der Waals surface area (Å²) in [5.41, 5.74) is 1.05. The van der Waals surface area contributed by atoms with Gasteiger partial charge in [-0.1, -0.05) is 0 Å². The first kappa shape index (κ1) is 24.1. The van der Waals surface area contributed by atoms with Crippen molar-refractivity contribution in [3.63, 3.8) is 0 Å². The maximum absolute atomic E-state index is 13.3. The highest BCUT2D eigenvalue weighted by atomic mass is 16.5. The van der Waals surface area contributed by atoms with Gasteiger partial charge in [-0.25, -0.2) is 0 Å². The first-order chi connectivity index (χ1) is 17.0. The van der Waals surface area contributed by atoms with Crippen LogP contribution >= 0.6 is 0 Å². The fourth-order valence-corrected chi connectivity index (χ4v) is 5.33. The molecule has 2 saturated heterocycles. The maximum Gasteiger partial charge on any atom is 0.257 e. The van der Waals surface area contributed by atoms with Crippen molar-refractivity contribution in [3.8, 4) is 5.75 Å². The average molecular weight is 485 g/mol. The van der Waals surface area contributed by atoms with Crippen LogP contribution in [0.2, 0.25) is 0 Å². The van der Waals surface area contributed by atoms with Gasteiger partial charge >= 0.3 is 0 Å². The number of amides is 3. The minimum absolute atomic E-state index is 0.00406. The molecule has 1 aromatic carbocycles. The number of fused-ring (bicyclic) bond motifs is 2. The molecule has 1 saturated carbocycles. The first-order valence-electron chi connectivity index (χ1n) is 13.0. The zero-order valence-corrected chi connectivity index (χ0v) is 20.5. The predicted octanol–water partition coefficient (Wildman–Crippen LogP) is 2.02. The molecule has 3 aliphatic heterocycles. The summed E-state index contributed by atoms with van der Waals surface area (Å²) >= 11 is 0. The number of likely N-dealkylation sites (tertiary alicyclic amines) is 1.